The summed E-state index contributed by atoms with van der Waals surface area (Å²) < 4.78 is 7.47. The predicted octanol–water partition coefficient (Wildman–Crippen LogP) is 3.48. The van der Waals surface area contributed by atoms with Crippen molar-refractivity contribution >= 4 is 5.82 Å². The minimum absolute atomic E-state index is 0.182. The quantitative estimate of drug-likeness (QED) is 0.715. The average molecular weight is 345 g/mol. The van der Waals surface area contributed by atoms with Crippen molar-refractivity contribution in [2.45, 2.75) is 6.92 Å². The smallest absolute Gasteiger partial charge is 0.142 e. The van der Waals surface area contributed by atoms with E-state index in [0.717, 1.165) is 16.8 Å². The molecule has 130 valence electrons. The summed E-state index contributed by atoms with van der Waals surface area (Å²) in [5.74, 6) is 0.838. The molecule has 2 aromatic heterocycles. The molecule has 3 rings (SSSR count). The van der Waals surface area contributed by atoms with Crippen molar-refractivity contribution in [3.05, 3.63) is 60.4 Å². The van der Waals surface area contributed by atoms with Crippen LogP contribution in [0.15, 0.2) is 49.2 Å². The molecule has 0 aliphatic heterocycles. The van der Waals surface area contributed by atoms with Gasteiger partial charge in [0.15, 0.2) is 0 Å². The highest BCUT2D eigenvalue weighted by Crippen LogP contribution is 2.36. The first-order valence-electron chi connectivity index (χ1n) is 8.09. The molecule has 0 atom stereocenters. The molecule has 6 nitrogen and oxygen atoms in total. The number of nitriles is 1. The van der Waals surface area contributed by atoms with Crippen molar-refractivity contribution in [1.29, 1.82) is 5.26 Å². The summed E-state index contributed by atoms with van der Waals surface area (Å²) in [6.07, 6.45) is 3.56. The Kier molecular flexibility index (Phi) is 4.72. The van der Waals surface area contributed by atoms with Gasteiger partial charge in [-0.3, -0.25) is 4.68 Å². The molecule has 6 heteroatoms. The lowest BCUT2D eigenvalue weighted by molar-refractivity contribution is 0.364. The van der Waals surface area contributed by atoms with Gasteiger partial charge in [0.25, 0.3) is 0 Å². The highest BCUT2D eigenvalue weighted by atomic mass is 16.5. The van der Waals surface area contributed by atoms with Gasteiger partial charge in [-0.05, 0) is 19.1 Å². The van der Waals surface area contributed by atoms with Crippen LogP contribution in [0.5, 0.6) is 5.75 Å². The van der Waals surface area contributed by atoms with E-state index in [1.165, 1.54) is 0 Å². The van der Waals surface area contributed by atoms with Crippen LogP contribution in [-0.2, 0) is 7.05 Å². The number of rotatable bonds is 5. The Bertz CT molecular complexity index is 1010. The minimum atomic E-state index is 0.182. The van der Waals surface area contributed by atoms with Crippen molar-refractivity contribution in [3.63, 3.8) is 0 Å². The zero-order valence-electron chi connectivity index (χ0n) is 14.7. The third-order valence-corrected chi connectivity index (χ3v) is 3.98. The molecule has 0 spiro atoms. The van der Waals surface area contributed by atoms with Gasteiger partial charge in [0.05, 0.1) is 11.4 Å². The van der Waals surface area contributed by atoms with Crippen LogP contribution in [0, 0.1) is 18.3 Å². The summed E-state index contributed by atoms with van der Waals surface area (Å²) in [6, 6.07) is 11.5. The highest BCUT2D eigenvalue weighted by molar-refractivity contribution is 5.83. The fourth-order valence-electron chi connectivity index (χ4n) is 2.85. The van der Waals surface area contributed by atoms with E-state index in [1.807, 2.05) is 50.5 Å². The van der Waals surface area contributed by atoms with Crippen LogP contribution in [-0.4, -0.2) is 21.4 Å². The molecule has 2 N–H and O–H groups in total. The molecular formula is C20H19N5O. The second-order valence-electron chi connectivity index (χ2n) is 5.82. The minimum Gasteiger partial charge on any atom is -0.489 e. The molecule has 0 amide bonds. The van der Waals surface area contributed by atoms with Crippen LogP contribution in [0.3, 0.4) is 0 Å². The fraction of sp³-hybridized carbons (Fsp3) is 0.150. The number of aromatic nitrogens is 3. The Morgan fingerprint density at radius 3 is 2.73 bits per heavy atom. The van der Waals surface area contributed by atoms with E-state index in [4.69, 9.17) is 10.5 Å². The number of hydrogen-bond donors (Lipinski definition) is 1. The predicted molar refractivity (Wildman–Crippen MR) is 101 cm³/mol. The van der Waals surface area contributed by atoms with Crippen molar-refractivity contribution in [3.8, 4) is 34.2 Å². The van der Waals surface area contributed by atoms with Gasteiger partial charge in [-0.25, -0.2) is 4.98 Å². The number of nitrogens with two attached hydrogens (primary N) is 1. The zero-order chi connectivity index (χ0) is 18.7. The molecule has 0 radical (unpaired) electrons. The monoisotopic (exact) mass is 345 g/mol. The zero-order valence-corrected chi connectivity index (χ0v) is 14.7. The second-order valence-corrected chi connectivity index (χ2v) is 5.82. The van der Waals surface area contributed by atoms with Gasteiger partial charge in [0.2, 0.25) is 0 Å². The number of nitrogen functional groups attached to an aromatic ring is 1. The number of anilines is 1. The van der Waals surface area contributed by atoms with Crippen molar-refractivity contribution in [2.24, 2.45) is 7.05 Å². The fourth-order valence-corrected chi connectivity index (χ4v) is 2.85. The van der Waals surface area contributed by atoms with Gasteiger partial charge in [-0.2, -0.15) is 10.4 Å². The Morgan fingerprint density at radius 2 is 2.08 bits per heavy atom. The van der Waals surface area contributed by atoms with Gasteiger partial charge >= 0.3 is 0 Å². The lowest BCUT2D eigenvalue weighted by Crippen LogP contribution is -2.01. The largest absolute Gasteiger partial charge is 0.489 e. The molecule has 0 aliphatic carbocycles. The maximum absolute atomic E-state index is 9.60. The first-order chi connectivity index (χ1) is 12.5. The van der Waals surface area contributed by atoms with Gasteiger partial charge in [0.1, 0.15) is 29.8 Å². The van der Waals surface area contributed by atoms with Gasteiger partial charge < -0.3 is 10.5 Å². The summed E-state index contributed by atoms with van der Waals surface area (Å²) >= 11 is 0. The Morgan fingerprint density at radius 1 is 1.31 bits per heavy atom. The maximum Gasteiger partial charge on any atom is 0.142 e. The van der Waals surface area contributed by atoms with E-state index in [2.05, 4.69) is 22.7 Å². The number of para-hydroxylation sites is 1. The number of aryl methyl sites for hydroxylation is 2. The molecule has 1 aromatic carbocycles. The molecule has 0 fully saturated rings. The van der Waals surface area contributed by atoms with Crippen molar-refractivity contribution < 1.29 is 4.74 Å². The standard InChI is InChI=1S/C20H19N5O/c1-4-9-26-19-8-6-5-7-14(19)15-10-18(23-20(22)16(15)11-21)17-12-25(3)24-13(17)2/h4-8,10,12H,1,9H2,2-3H3,(H2,22,23). The van der Waals surface area contributed by atoms with Crippen molar-refractivity contribution in [2.75, 3.05) is 12.3 Å². The summed E-state index contributed by atoms with van der Waals surface area (Å²) in [5.41, 5.74) is 10.3. The Labute approximate surface area is 152 Å². The molecular weight excluding hydrogens is 326 g/mol. The van der Waals surface area contributed by atoms with E-state index >= 15 is 0 Å². The Hall–Kier alpha value is -3.59. The van der Waals surface area contributed by atoms with Crippen LogP contribution in [0.2, 0.25) is 0 Å². The molecule has 0 aliphatic rings. The first kappa shape index (κ1) is 17.2. The summed E-state index contributed by atoms with van der Waals surface area (Å²) in [5, 5.41) is 14.0. The number of hydrogen-bond acceptors (Lipinski definition) is 5. The normalized spacial score (nSPS) is 10.3. The van der Waals surface area contributed by atoms with E-state index in [-0.39, 0.29) is 5.82 Å². The number of pyridine rings is 1. The molecule has 26 heavy (non-hydrogen) atoms. The number of benzene rings is 1. The van der Waals surface area contributed by atoms with E-state index in [1.54, 1.807) is 10.8 Å². The van der Waals surface area contributed by atoms with Crippen LogP contribution >= 0.6 is 0 Å². The van der Waals surface area contributed by atoms with Gasteiger partial charge in [-0.1, -0.05) is 30.9 Å². The molecule has 0 bridgehead atoms. The molecule has 0 saturated heterocycles. The SMILES string of the molecule is C=CCOc1ccccc1-c1cc(-c2cn(C)nc2C)nc(N)c1C#N. The number of ether oxygens (including phenoxy) is 1. The average Bonchev–Trinajstić information content (AvgIpc) is 2.97. The van der Waals surface area contributed by atoms with Crippen LogP contribution in [0.1, 0.15) is 11.3 Å². The molecule has 0 saturated carbocycles. The van der Waals surface area contributed by atoms with Crippen LogP contribution in [0.4, 0.5) is 5.82 Å². The number of nitrogens with zero attached hydrogens (tertiary/aromatic N) is 4. The second kappa shape index (κ2) is 7.11. The lowest BCUT2D eigenvalue weighted by Gasteiger charge is -2.13. The van der Waals surface area contributed by atoms with Crippen LogP contribution < -0.4 is 10.5 Å². The van der Waals surface area contributed by atoms with E-state index in [9.17, 15) is 5.26 Å². The summed E-state index contributed by atoms with van der Waals surface area (Å²) in [6.45, 7) is 5.95. The van der Waals surface area contributed by atoms with Crippen LogP contribution in [0.25, 0.3) is 22.4 Å². The van der Waals surface area contributed by atoms with E-state index in [0.29, 0.717) is 29.2 Å². The third kappa shape index (κ3) is 3.15. The van der Waals surface area contributed by atoms with E-state index < -0.39 is 0 Å². The Balaban J connectivity index is 2.23. The maximum atomic E-state index is 9.60. The summed E-state index contributed by atoms with van der Waals surface area (Å²) in [7, 11) is 1.85. The molecule has 0 unspecified atom stereocenters. The lowest BCUT2D eigenvalue weighted by atomic mass is 9.98. The molecule has 3 aromatic rings. The molecule has 2 heterocycles. The summed E-state index contributed by atoms with van der Waals surface area (Å²) in [4.78, 5) is 4.41. The van der Waals surface area contributed by atoms with Gasteiger partial charge in [0, 0.05) is 29.9 Å². The van der Waals surface area contributed by atoms with Crippen molar-refractivity contribution in [1.82, 2.24) is 14.8 Å². The van der Waals surface area contributed by atoms with Gasteiger partial charge in [-0.15, -0.1) is 0 Å². The highest BCUT2D eigenvalue weighted by Gasteiger charge is 2.18. The third-order valence-electron chi connectivity index (χ3n) is 3.98. The topological polar surface area (TPSA) is 89.8 Å². The first-order valence-corrected chi connectivity index (χ1v) is 8.09.